The highest BCUT2D eigenvalue weighted by Gasteiger charge is 2.36. The van der Waals surface area contributed by atoms with Gasteiger partial charge in [-0.1, -0.05) is 15.9 Å². The van der Waals surface area contributed by atoms with Crippen LogP contribution >= 0.6 is 61.1 Å². The molecule has 160 valence electrons. The number of methoxy groups -OCH3 is 1. The molecule has 2 aromatic rings. The van der Waals surface area contributed by atoms with Gasteiger partial charge in [0.2, 0.25) is 0 Å². The number of benzene rings is 2. The lowest BCUT2D eigenvalue weighted by Crippen LogP contribution is -2.54. The Morgan fingerprint density at radius 3 is 2.32 bits per heavy atom. The van der Waals surface area contributed by atoms with Gasteiger partial charge in [0.05, 0.1) is 19.9 Å². The van der Waals surface area contributed by atoms with Crippen LogP contribution in [0.25, 0.3) is 6.08 Å². The molecule has 0 aliphatic carbocycles. The van der Waals surface area contributed by atoms with E-state index < -0.39 is 23.8 Å². The summed E-state index contributed by atoms with van der Waals surface area (Å²) in [6, 6.07) is 9.14. The van der Waals surface area contributed by atoms with Crippen molar-refractivity contribution >= 4 is 96.7 Å². The highest BCUT2D eigenvalue weighted by atomic mass is 127. The van der Waals surface area contributed by atoms with Gasteiger partial charge in [0, 0.05) is 4.47 Å². The molecule has 0 unspecified atom stereocenters. The lowest BCUT2D eigenvalue weighted by atomic mass is 10.1. The number of amides is 4. The number of anilines is 1. The van der Waals surface area contributed by atoms with Crippen molar-refractivity contribution in [1.82, 2.24) is 5.32 Å². The molecule has 0 bridgehead atoms. The van der Waals surface area contributed by atoms with Gasteiger partial charge in [-0.05, 0) is 93.2 Å². The maximum absolute atomic E-state index is 13.0. The summed E-state index contributed by atoms with van der Waals surface area (Å²) in [6.07, 6.45) is 1.41. The molecule has 1 aliphatic rings. The number of barbiturate groups is 1. The van der Waals surface area contributed by atoms with Crippen LogP contribution in [-0.4, -0.2) is 37.5 Å². The zero-order chi connectivity index (χ0) is 22.7. The van der Waals surface area contributed by atoms with E-state index in [4.69, 9.17) is 4.74 Å². The second-order valence-electron chi connectivity index (χ2n) is 6.11. The monoisotopic (exact) mass is 710 g/mol. The van der Waals surface area contributed by atoms with Crippen molar-refractivity contribution in [1.29, 1.82) is 0 Å². The Kier molecular flexibility index (Phi) is 7.69. The lowest BCUT2D eigenvalue weighted by Gasteiger charge is -2.26. The summed E-state index contributed by atoms with van der Waals surface area (Å²) in [5, 5.41) is 2.19. The molecule has 0 spiro atoms. The Bertz CT molecular complexity index is 1090. The van der Waals surface area contributed by atoms with Crippen LogP contribution in [-0.2, 0) is 19.1 Å². The van der Waals surface area contributed by atoms with Crippen LogP contribution in [0, 0.1) is 7.14 Å². The number of rotatable bonds is 5. The van der Waals surface area contributed by atoms with E-state index in [0.717, 1.165) is 9.37 Å². The third-order valence-corrected chi connectivity index (χ3v) is 6.21. The maximum atomic E-state index is 13.0. The number of esters is 1. The first-order valence-electron chi connectivity index (χ1n) is 8.57. The van der Waals surface area contributed by atoms with E-state index in [0.29, 0.717) is 24.1 Å². The number of hydrogen-bond donors (Lipinski definition) is 1. The minimum Gasteiger partial charge on any atom is -0.480 e. The molecule has 1 N–H and O–H groups in total. The van der Waals surface area contributed by atoms with Crippen LogP contribution in [0.4, 0.5) is 10.5 Å². The van der Waals surface area contributed by atoms with E-state index >= 15 is 0 Å². The molecule has 1 fully saturated rings. The number of carbonyl (C=O) groups is 4. The first-order chi connectivity index (χ1) is 14.7. The highest BCUT2D eigenvalue weighted by molar-refractivity contribution is 14.1. The van der Waals surface area contributed by atoms with Gasteiger partial charge in [-0.2, -0.15) is 0 Å². The van der Waals surface area contributed by atoms with Crippen molar-refractivity contribution in [2.24, 2.45) is 0 Å². The van der Waals surface area contributed by atoms with Gasteiger partial charge in [0.1, 0.15) is 11.3 Å². The maximum Gasteiger partial charge on any atom is 0.343 e. The smallest absolute Gasteiger partial charge is 0.343 e. The summed E-state index contributed by atoms with van der Waals surface area (Å²) in [5.41, 5.74) is 0.708. The van der Waals surface area contributed by atoms with Crippen molar-refractivity contribution in [3.05, 3.63) is 59.1 Å². The number of carbonyl (C=O) groups excluding carboxylic acids is 4. The van der Waals surface area contributed by atoms with Crippen LogP contribution in [0.2, 0.25) is 0 Å². The summed E-state index contributed by atoms with van der Waals surface area (Å²) in [5.74, 6) is -1.54. The molecule has 1 heterocycles. The number of hydrogen-bond acceptors (Lipinski definition) is 6. The van der Waals surface area contributed by atoms with Crippen LogP contribution in [0.3, 0.4) is 0 Å². The van der Waals surface area contributed by atoms with Crippen molar-refractivity contribution in [3.63, 3.8) is 0 Å². The molecular formula is C20H13BrI2N2O6. The standard InChI is InChI=1S/C20H13BrI2N2O6/c1-30-16(26)9-31-17-14(22)7-10(8-15(17)23)6-13-18(27)24-20(29)25(19(13)28)12-4-2-11(21)3-5-12/h2-8H,9H2,1H3,(H,24,27,29)/b13-6+. The van der Waals surface area contributed by atoms with E-state index in [1.807, 2.05) is 45.2 Å². The third-order valence-electron chi connectivity index (χ3n) is 4.08. The largest absolute Gasteiger partial charge is 0.480 e. The second kappa shape index (κ2) is 10.1. The number of urea groups is 1. The second-order valence-corrected chi connectivity index (χ2v) is 9.35. The van der Waals surface area contributed by atoms with E-state index in [-0.39, 0.29) is 12.2 Å². The quantitative estimate of drug-likeness (QED) is 0.219. The Labute approximate surface area is 212 Å². The van der Waals surface area contributed by atoms with E-state index in [1.54, 1.807) is 36.4 Å². The van der Waals surface area contributed by atoms with Gasteiger partial charge < -0.3 is 9.47 Å². The molecule has 1 aliphatic heterocycles. The predicted molar refractivity (Wildman–Crippen MR) is 133 cm³/mol. The van der Waals surface area contributed by atoms with Crippen LogP contribution in [0.5, 0.6) is 5.75 Å². The van der Waals surface area contributed by atoms with E-state index in [2.05, 4.69) is 26.0 Å². The normalized spacial score (nSPS) is 15.2. The molecule has 11 heteroatoms. The zero-order valence-electron chi connectivity index (χ0n) is 15.8. The molecule has 0 saturated carbocycles. The average Bonchev–Trinajstić information content (AvgIpc) is 2.71. The summed E-state index contributed by atoms with van der Waals surface area (Å²) in [7, 11) is 1.27. The molecule has 0 atom stereocenters. The summed E-state index contributed by atoms with van der Waals surface area (Å²) >= 11 is 7.36. The van der Waals surface area contributed by atoms with Crippen molar-refractivity contribution in [2.45, 2.75) is 0 Å². The number of halogens is 3. The summed E-state index contributed by atoms with van der Waals surface area (Å²) in [4.78, 5) is 49.8. The SMILES string of the molecule is COC(=O)COc1c(I)cc(/C=C2\C(=O)NC(=O)N(c3ccc(Br)cc3)C2=O)cc1I. The zero-order valence-corrected chi connectivity index (χ0v) is 21.7. The first kappa shape index (κ1) is 23.7. The number of nitrogens with one attached hydrogen (secondary N) is 1. The summed E-state index contributed by atoms with van der Waals surface area (Å²) < 4.78 is 12.2. The predicted octanol–water partition coefficient (Wildman–Crippen LogP) is 3.88. The van der Waals surface area contributed by atoms with Gasteiger partial charge in [-0.15, -0.1) is 0 Å². The van der Waals surface area contributed by atoms with Crippen molar-refractivity contribution in [2.75, 3.05) is 18.6 Å². The van der Waals surface area contributed by atoms with Gasteiger partial charge >= 0.3 is 12.0 Å². The fraction of sp³-hybridized carbons (Fsp3) is 0.100. The van der Waals surface area contributed by atoms with Crippen LogP contribution in [0.1, 0.15) is 5.56 Å². The topological polar surface area (TPSA) is 102 Å². The minimum absolute atomic E-state index is 0.183. The minimum atomic E-state index is -0.815. The number of ether oxygens (including phenoxy) is 2. The fourth-order valence-electron chi connectivity index (χ4n) is 2.64. The number of nitrogens with zero attached hydrogens (tertiary/aromatic N) is 1. The Hall–Kier alpha value is -2.00. The molecule has 1 saturated heterocycles. The van der Waals surface area contributed by atoms with Crippen LogP contribution < -0.4 is 15.0 Å². The molecule has 2 aromatic carbocycles. The van der Waals surface area contributed by atoms with Crippen LogP contribution in [0.15, 0.2) is 46.4 Å². The molecule has 4 amide bonds. The van der Waals surface area contributed by atoms with Crippen molar-refractivity contribution in [3.8, 4) is 5.75 Å². The molecule has 8 nitrogen and oxygen atoms in total. The Balaban J connectivity index is 1.93. The van der Waals surface area contributed by atoms with Gasteiger partial charge in [-0.25, -0.2) is 14.5 Å². The third kappa shape index (κ3) is 5.44. The van der Waals surface area contributed by atoms with Gasteiger partial charge in [-0.3, -0.25) is 14.9 Å². The highest BCUT2D eigenvalue weighted by Crippen LogP contribution is 2.31. The van der Waals surface area contributed by atoms with Gasteiger partial charge in [0.15, 0.2) is 6.61 Å². The number of imide groups is 2. The molecule has 31 heavy (non-hydrogen) atoms. The lowest BCUT2D eigenvalue weighted by molar-refractivity contribution is -0.143. The Morgan fingerprint density at radius 2 is 1.74 bits per heavy atom. The molecule has 3 rings (SSSR count). The first-order valence-corrected chi connectivity index (χ1v) is 11.5. The summed E-state index contributed by atoms with van der Waals surface area (Å²) in [6.45, 7) is -0.242. The van der Waals surface area contributed by atoms with Gasteiger partial charge in [0.25, 0.3) is 11.8 Å². The Morgan fingerprint density at radius 1 is 1.13 bits per heavy atom. The van der Waals surface area contributed by atoms with E-state index in [1.165, 1.54) is 13.2 Å². The molecule has 0 aromatic heterocycles. The van der Waals surface area contributed by atoms with E-state index in [9.17, 15) is 19.2 Å². The molecule has 0 radical (unpaired) electrons. The fourth-order valence-corrected chi connectivity index (χ4v) is 5.03. The van der Waals surface area contributed by atoms with Crippen molar-refractivity contribution < 1.29 is 28.7 Å². The molecular weight excluding hydrogens is 698 g/mol. The average molecular weight is 711 g/mol.